The minimum Gasteiger partial charge on any atom is -0.467 e. The van der Waals surface area contributed by atoms with Crippen molar-refractivity contribution in [2.24, 2.45) is 0 Å². The molecule has 2 N–H and O–H groups in total. The van der Waals surface area contributed by atoms with Crippen molar-refractivity contribution < 1.29 is 57.1 Å². The molecule has 2 fully saturated rings. The molecule has 4 heterocycles. The van der Waals surface area contributed by atoms with Crippen molar-refractivity contribution >= 4 is 67.9 Å². The maximum atomic E-state index is 12.3. The number of methoxy groups -OCH3 is 2. The smallest absolute Gasteiger partial charge is 0.408 e. The van der Waals surface area contributed by atoms with E-state index in [4.69, 9.17) is 38.1 Å². The summed E-state index contributed by atoms with van der Waals surface area (Å²) in [5.74, 6) is -0.964. The molecule has 2 unspecified atom stereocenters. The molecule has 2 aliphatic heterocycles. The average Bonchev–Trinajstić information content (AvgIpc) is 3.26. The van der Waals surface area contributed by atoms with Crippen LogP contribution in [0.15, 0.2) is 83.9 Å². The van der Waals surface area contributed by atoms with Gasteiger partial charge in [0.05, 0.1) is 88.4 Å². The lowest BCUT2D eigenvalue weighted by Gasteiger charge is -2.31. The Morgan fingerprint density at radius 2 is 1.14 bits per heavy atom. The van der Waals surface area contributed by atoms with E-state index in [0.29, 0.717) is 32.1 Å². The number of alkyl carbamates (subject to hydrolysis) is 2. The number of fused-ring (bicyclic) bond motifs is 2. The van der Waals surface area contributed by atoms with Crippen LogP contribution in [0.1, 0.15) is 84.4 Å². The summed E-state index contributed by atoms with van der Waals surface area (Å²) in [5.41, 5.74) is 0.561. The second kappa shape index (κ2) is 23.1. The molecule has 0 bridgehead atoms. The Hall–Kier alpha value is -5.46. The summed E-state index contributed by atoms with van der Waals surface area (Å²) in [4.78, 5) is 56.7. The van der Waals surface area contributed by atoms with Gasteiger partial charge in [0.25, 0.3) is 0 Å². The first-order valence-corrected chi connectivity index (χ1v) is 21.8. The van der Waals surface area contributed by atoms with Crippen molar-refractivity contribution in [1.82, 2.24) is 20.6 Å². The van der Waals surface area contributed by atoms with E-state index in [1.165, 1.54) is 20.3 Å². The van der Waals surface area contributed by atoms with Gasteiger partial charge in [0.15, 0.2) is 0 Å². The molecule has 65 heavy (non-hydrogen) atoms. The SMILES string of the molecule is C=CC1(C(=O)OC)COCCO1.COC(=O)C1(/C=C/c2ccc3ccc([C@@H](C)NC(=O)OC(C)(C)C)nc3c2)COCCO1.C[C@@H](NC(=O)OC(C)(C)C)c1ccc2ccc(Br)cc2n1. The Labute approximate surface area is 388 Å². The molecule has 17 heteroatoms. The van der Waals surface area contributed by atoms with E-state index in [2.05, 4.69) is 42.9 Å². The monoisotopic (exact) mass is 964 g/mol. The van der Waals surface area contributed by atoms with E-state index >= 15 is 0 Å². The third-order valence-electron chi connectivity index (χ3n) is 9.51. The van der Waals surface area contributed by atoms with Crippen LogP contribution < -0.4 is 10.6 Å². The summed E-state index contributed by atoms with van der Waals surface area (Å²) < 4.78 is 42.5. The van der Waals surface area contributed by atoms with Gasteiger partial charge in [0.2, 0.25) is 11.2 Å². The highest BCUT2D eigenvalue weighted by Crippen LogP contribution is 2.25. The molecular weight excluding hydrogens is 904 g/mol. The number of ether oxygens (including phenoxy) is 8. The van der Waals surface area contributed by atoms with Gasteiger partial charge in [0.1, 0.15) is 11.2 Å². The highest BCUT2D eigenvalue weighted by Gasteiger charge is 2.41. The topological polar surface area (TPSA) is 192 Å². The molecule has 4 atom stereocenters. The fourth-order valence-electron chi connectivity index (χ4n) is 6.23. The Morgan fingerprint density at radius 3 is 1.58 bits per heavy atom. The van der Waals surface area contributed by atoms with Gasteiger partial charge >= 0.3 is 24.1 Å². The van der Waals surface area contributed by atoms with Gasteiger partial charge in [-0.15, -0.1) is 0 Å². The summed E-state index contributed by atoms with van der Waals surface area (Å²) in [6.07, 6.45) is 3.94. The van der Waals surface area contributed by atoms with Gasteiger partial charge in [-0.3, -0.25) is 9.97 Å². The minimum absolute atomic E-state index is 0.0972. The number of pyridine rings is 2. The van der Waals surface area contributed by atoms with Crippen molar-refractivity contribution in [2.45, 2.75) is 89.9 Å². The van der Waals surface area contributed by atoms with E-state index in [1.807, 2.05) is 116 Å². The summed E-state index contributed by atoms with van der Waals surface area (Å²) in [6, 6.07) is 18.9. The molecule has 16 nitrogen and oxygen atoms in total. The predicted octanol–water partition coefficient (Wildman–Crippen LogP) is 8.51. The van der Waals surface area contributed by atoms with Crippen LogP contribution >= 0.6 is 15.9 Å². The lowest BCUT2D eigenvalue weighted by atomic mass is 10.0. The van der Waals surface area contributed by atoms with Crippen LogP contribution in [0.2, 0.25) is 0 Å². The summed E-state index contributed by atoms with van der Waals surface area (Å²) in [6.45, 7) is 20.1. The second-order valence-electron chi connectivity index (χ2n) is 17.1. The van der Waals surface area contributed by atoms with E-state index in [0.717, 1.165) is 37.5 Å². The number of nitrogens with zero attached hydrogens (tertiary/aromatic N) is 2. The molecule has 0 aliphatic carbocycles. The van der Waals surface area contributed by atoms with Gasteiger partial charge in [0, 0.05) is 15.2 Å². The van der Waals surface area contributed by atoms with Gasteiger partial charge in [-0.25, -0.2) is 19.2 Å². The summed E-state index contributed by atoms with van der Waals surface area (Å²) in [5, 5.41) is 7.62. The number of benzene rings is 2. The molecule has 0 radical (unpaired) electrons. The number of amides is 2. The zero-order chi connectivity index (χ0) is 48.0. The van der Waals surface area contributed by atoms with Crippen molar-refractivity contribution in [2.75, 3.05) is 53.9 Å². The molecule has 0 saturated carbocycles. The molecule has 2 aliphatic rings. The molecule has 2 aromatic heterocycles. The van der Waals surface area contributed by atoms with Crippen LogP contribution in [-0.2, 0) is 47.5 Å². The number of esters is 2. The zero-order valence-corrected chi connectivity index (χ0v) is 40.4. The number of rotatable bonds is 9. The van der Waals surface area contributed by atoms with E-state index in [9.17, 15) is 19.2 Å². The highest BCUT2D eigenvalue weighted by atomic mass is 79.9. The number of halogens is 1. The van der Waals surface area contributed by atoms with Gasteiger partial charge < -0.3 is 48.5 Å². The Kier molecular flexibility index (Phi) is 18.6. The number of hydrogen-bond acceptors (Lipinski definition) is 14. The average molecular weight is 966 g/mol. The number of hydrogen-bond donors (Lipinski definition) is 2. The lowest BCUT2D eigenvalue weighted by molar-refractivity contribution is -0.185. The summed E-state index contributed by atoms with van der Waals surface area (Å²) in [7, 11) is 2.63. The maximum absolute atomic E-state index is 12.3. The first-order valence-electron chi connectivity index (χ1n) is 21.0. The van der Waals surface area contributed by atoms with Crippen molar-refractivity contribution in [3.05, 3.63) is 101 Å². The fourth-order valence-corrected chi connectivity index (χ4v) is 6.58. The molecular formula is C48H61BrN4O12. The molecule has 2 saturated heterocycles. The molecule has 4 aromatic rings. The van der Waals surface area contributed by atoms with Crippen LogP contribution in [0.3, 0.4) is 0 Å². The Morgan fingerprint density at radius 1 is 0.692 bits per heavy atom. The Bertz CT molecular complexity index is 2310. The van der Waals surface area contributed by atoms with Gasteiger partial charge in [-0.05, 0) is 103 Å². The van der Waals surface area contributed by atoms with Crippen LogP contribution in [-0.4, -0.2) is 110 Å². The quantitative estimate of drug-likeness (QED) is 0.0922. The van der Waals surface area contributed by atoms with Crippen LogP contribution in [0, 0.1) is 0 Å². The fraction of sp³-hybridized carbons (Fsp3) is 0.458. The molecule has 352 valence electrons. The number of nitrogens with one attached hydrogen (secondary N) is 2. The minimum atomic E-state index is -1.26. The number of carbonyl (C=O) groups excluding carboxylic acids is 4. The normalized spacial score (nSPS) is 19.6. The standard InChI is InChI=1S/C24H30N2O6.C16H19BrN2O2.C8H12O4/c1-16(25-22(28)32-23(2,3)4)19-9-8-18-7-6-17(14-20(18)26-19)10-11-24(21(27)29-5)15-30-12-13-31-24;1-10(18-15(20)21-16(2,3)4)13-8-6-11-5-7-12(17)9-14(11)19-13;1-3-8(7(9)10-2)6-11-4-5-12-8/h6-11,14,16H,12-13,15H2,1-5H3,(H,25,28);5-10H,1-4H3,(H,18,20);3H,1,4-6H2,2H3/b11-10+;;/t16-,24?;10-;/m11./s1. The third-order valence-corrected chi connectivity index (χ3v) is 10.0. The van der Waals surface area contributed by atoms with Gasteiger partial charge in [-0.2, -0.15) is 0 Å². The molecule has 2 aromatic carbocycles. The molecule has 6 rings (SSSR count). The van der Waals surface area contributed by atoms with E-state index in [1.54, 1.807) is 12.2 Å². The zero-order valence-electron chi connectivity index (χ0n) is 38.8. The van der Waals surface area contributed by atoms with Gasteiger partial charge in [-0.1, -0.05) is 58.9 Å². The Balaban J connectivity index is 0.000000239. The van der Waals surface area contributed by atoms with Crippen LogP contribution in [0.5, 0.6) is 0 Å². The maximum Gasteiger partial charge on any atom is 0.408 e. The number of aromatic nitrogens is 2. The number of carbonyl (C=O) groups is 4. The third kappa shape index (κ3) is 15.6. The first kappa shape index (κ1) is 52.2. The molecule has 0 spiro atoms. The van der Waals surface area contributed by atoms with Crippen LogP contribution in [0.4, 0.5) is 9.59 Å². The van der Waals surface area contributed by atoms with Crippen molar-refractivity contribution in [3.8, 4) is 0 Å². The van der Waals surface area contributed by atoms with Crippen LogP contribution in [0.25, 0.3) is 27.9 Å². The highest BCUT2D eigenvalue weighted by molar-refractivity contribution is 9.10. The first-order chi connectivity index (χ1) is 30.6. The molecule has 2 amide bonds. The second-order valence-corrected chi connectivity index (χ2v) is 18.0. The lowest BCUT2D eigenvalue weighted by Crippen LogP contribution is -2.49. The van der Waals surface area contributed by atoms with Crippen molar-refractivity contribution in [1.29, 1.82) is 0 Å². The van der Waals surface area contributed by atoms with E-state index in [-0.39, 0.29) is 25.3 Å². The largest absolute Gasteiger partial charge is 0.467 e. The predicted molar refractivity (Wildman–Crippen MR) is 249 cm³/mol. The van der Waals surface area contributed by atoms with E-state index < -0.39 is 46.5 Å². The summed E-state index contributed by atoms with van der Waals surface area (Å²) >= 11 is 3.44. The van der Waals surface area contributed by atoms with Crippen molar-refractivity contribution in [3.63, 3.8) is 0 Å².